The van der Waals surface area contributed by atoms with Gasteiger partial charge in [-0.2, -0.15) is 5.10 Å². The van der Waals surface area contributed by atoms with Crippen LogP contribution in [0.15, 0.2) is 91.1 Å². The van der Waals surface area contributed by atoms with E-state index in [2.05, 4.69) is 5.10 Å². The minimum Gasteiger partial charge on any atom is -0.493 e. The van der Waals surface area contributed by atoms with Crippen LogP contribution in [-0.2, 0) is 21.5 Å². The number of para-hydroxylation sites is 2. The van der Waals surface area contributed by atoms with Crippen LogP contribution in [-0.4, -0.2) is 40.8 Å². The van der Waals surface area contributed by atoms with Crippen LogP contribution in [0.4, 0.5) is 11.4 Å². The number of nitrogens with zero attached hydrogens (tertiary/aromatic N) is 4. The lowest BCUT2D eigenvalue weighted by Crippen LogP contribution is -2.37. The van der Waals surface area contributed by atoms with Crippen LogP contribution in [0.25, 0.3) is 0 Å². The quantitative estimate of drug-likeness (QED) is 0.214. The summed E-state index contributed by atoms with van der Waals surface area (Å²) in [4.78, 5) is 47.3. The van der Waals surface area contributed by atoms with Crippen molar-refractivity contribution in [3.05, 3.63) is 102 Å². The van der Waals surface area contributed by atoms with E-state index >= 15 is 0 Å². The Morgan fingerprint density at radius 2 is 1.56 bits per heavy atom. The molecule has 1 aromatic heterocycles. The smallest absolute Gasteiger partial charge is 0.362 e. The Bertz CT molecular complexity index is 1550. The van der Waals surface area contributed by atoms with Gasteiger partial charge < -0.3 is 9.47 Å². The molecule has 196 valence electrons. The topological polar surface area (TPSA) is 103 Å². The molecule has 4 aromatic rings. The summed E-state index contributed by atoms with van der Waals surface area (Å²) < 4.78 is 12.6. The molecule has 3 atom stereocenters. The number of ether oxygens (including phenoxy) is 2. The zero-order valence-electron chi connectivity index (χ0n) is 21.1. The number of hydrogen-bond acceptors (Lipinski definition) is 8. The Balaban J connectivity index is 1.38. The number of rotatable bonds is 6. The van der Waals surface area contributed by atoms with Crippen molar-refractivity contribution in [1.82, 2.24) is 9.78 Å². The van der Waals surface area contributed by atoms with Crippen LogP contribution < -0.4 is 19.4 Å². The first kappa shape index (κ1) is 24.4. The molecule has 0 radical (unpaired) electrons. The van der Waals surface area contributed by atoms with Gasteiger partial charge in [-0.05, 0) is 48.0 Å². The summed E-state index contributed by atoms with van der Waals surface area (Å²) in [5.74, 6) is -1.69. The summed E-state index contributed by atoms with van der Waals surface area (Å²) in [5.41, 5.74) is 2.11. The lowest BCUT2D eigenvalue weighted by atomic mass is 9.90. The number of fused-ring (bicyclic) bond motifs is 1. The molecule has 39 heavy (non-hydrogen) atoms. The van der Waals surface area contributed by atoms with Gasteiger partial charge >= 0.3 is 5.97 Å². The zero-order valence-corrected chi connectivity index (χ0v) is 21.1. The third kappa shape index (κ3) is 4.11. The number of benzene rings is 3. The Hall–Kier alpha value is -4.96. The van der Waals surface area contributed by atoms with E-state index in [-0.39, 0.29) is 23.1 Å². The van der Waals surface area contributed by atoms with E-state index in [9.17, 15) is 14.4 Å². The van der Waals surface area contributed by atoms with Crippen LogP contribution >= 0.6 is 0 Å². The highest BCUT2D eigenvalue weighted by Gasteiger charge is 2.60. The molecule has 10 nitrogen and oxygen atoms in total. The molecule has 0 N–H and O–H groups in total. The number of amides is 2. The molecule has 3 heterocycles. The third-order valence-corrected chi connectivity index (χ3v) is 6.90. The Morgan fingerprint density at radius 1 is 0.872 bits per heavy atom. The maximum absolute atomic E-state index is 13.8. The summed E-state index contributed by atoms with van der Waals surface area (Å²) in [6.07, 6.45) is 0.501. The molecule has 10 heteroatoms. The van der Waals surface area contributed by atoms with Crippen molar-refractivity contribution >= 4 is 29.2 Å². The molecular formula is C29H24N4O6. The first-order chi connectivity index (χ1) is 19.0. The number of carbonyl (C=O) groups is 3. The van der Waals surface area contributed by atoms with Crippen molar-refractivity contribution < 1.29 is 28.7 Å². The van der Waals surface area contributed by atoms with Crippen molar-refractivity contribution in [3.63, 3.8) is 0 Å². The normalized spacial score (nSPS) is 20.3. The molecule has 0 aliphatic carbocycles. The monoisotopic (exact) mass is 524 g/mol. The first-order valence-corrected chi connectivity index (χ1v) is 12.3. The molecule has 2 fully saturated rings. The lowest BCUT2D eigenvalue weighted by Gasteiger charge is -2.29. The number of methoxy groups -OCH3 is 1. The van der Waals surface area contributed by atoms with E-state index in [4.69, 9.17) is 14.3 Å². The van der Waals surface area contributed by atoms with Gasteiger partial charge in [-0.25, -0.2) is 14.8 Å². The van der Waals surface area contributed by atoms with Crippen molar-refractivity contribution in [2.45, 2.75) is 12.1 Å². The van der Waals surface area contributed by atoms with Gasteiger partial charge in [0.2, 0.25) is 5.91 Å². The highest BCUT2D eigenvalue weighted by atomic mass is 16.7. The number of carbonyl (C=O) groups excluding carboxylic acids is 3. The lowest BCUT2D eigenvalue weighted by molar-refractivity contribution is -0.126. The third-order valence-electron chi connectivity index (χ3n) is 6.90. The summed E-state index contributed by atoms with van der Waals surface area (Å²) in [5, 5.41) is 5.60. The molecule has 3 aromatic carbocycles. The number of imide groups is 1. The van der Waals surface area contributed by atoms with E-state index in [1.807, 2.05) is 36.4 Å². The van der Waals surface area contributed by atoms with Crippen LogP contribution in [0.3, 0.4) is 0 Å². The number of hydroxylamine groups is 1. The van der Waals surface area contributed by atoms with Gasteiger partial charge in [0, 0.05) is 13.2 Å². The average Bonchev–Trinajstić information content (AvgIpc) is 3.64. The van der Waals surface area contributed by atoms with Crippen LogP contribution in [0.1, 0.15) is 22.1 Å². The Kier molecular flexibility index (Phi) is 6.08. The second-order valence-corrected chi connectivity index (χ2v) is 9.15. The van der Waals surface area contributed by atoms with Crippen molar-refractivity contribution in [2.75, 3.05) is 17.1 Å². The number of esters is 1. The molecule has 2 amide bonds. The number of hydrogen-bond donors (Lipinski definition) is 0. The highest BCUT2D eigenvalue weighted by Crippen LogP contribution is 2.48. The van der Waals surface area contributed by atoms with E-state index < -0.39 is 29.9 Å². The molecule has 6 rings (SSSR count). The summed E-state index contributed by atoms with van der Waals surface area (Å²) in [7, 11) is 3.11. The standard InChI is InChI=1S/C29H24N4O6/c1-31-21(15-16-30-31)29(36)38-22-14-13-18(17-23(22)37-2)25-24-26(39-33(25)20-11-7-4-8-12-20)28(35)32(27(24)34)19-9-5-3-6-10-19/h3-17,24-26H,1-2H3/t24-,25+,26+/m0/s1. The molecule has 0 spiro atoms. The maximum Gasteiger partial charge on any atom is 0.362 e. The fourth-order valence-corrected chi connectivity index (χ4v) is 5.06. The van der Waals surface area contributed by atoms with Crippen LogP contribution in [0.5, 0.6) is 11.5 Å². The van der Waals surface area contributed by atoms with Gasteiger partial charge in [0.25, 0.3) is 5.91 Å². The van der Waals surface area contributed by atoms with Gasteiger partial charge in [0.15, 0.2) is 17.6 Å². The van der Waals surface area contributed by atoms with Gasteiger partial charge in [-0.3, -0.25) is 19.1 Å². The highest BCUT2D eigenvalue weighted by molar-refractivity contribution is 6.23. The summed E-state index contributed by atoms with van der Waals surface area (Å²) in [6, 6.07) is 24.0. The van der Waals surface area contributed by atoms with Gasteiger partial charge in [-0.1, -0.05) is 42.5 Å². The van der Waals surface area contributed by atoms with E-state index in [1.54, 1.807) is 60.6 Å². The molecular weight excluding hydrogens is 500 g/mol. The number of aryl methyl sites for hydroxylation is 1. The second kappa shape index (κ2) is 9.73. The minimum absolute atomic E-state index is 0.203. The Morgan fingerprint density at radius 3 is 2.21 bits per heavy atom. The first-order valence-electron chi connectivity index (χ1n) is 12.3. The van der Waals surface area contributed by atoms with E-state index in [0.29, 0.717) is 16.9 Å². The SMILES string of the molecule is COc1cc([C@@H]2[C@@H]3C(=O)N(c4ccccc4)C(=O)[C@@H]3ON2c2ccccc2)ccc1OC(=O)c1ccnn1C. The average molecular weight is 525 g/mol. The summed E-state index contributed by atoms with van der Waals surface area (Å²) >= 11 is 0. The van der Waals surface area contributed by atoms with Crippen molar-refractivity contribution in [1.29, 1.82) is 0 Å². The molecule has 2 aliphatic rings. The van der Waals surface area contributed by atoms with Crippen molar-refractivity contribution in [2.24, 2.45) is 13.0 Å². The van der Waals surface area contributed by atoms with Gasteiger partial charge in [-0.15, -0.1) is 0 Å². The fraction of sp³-hybridized carbons (Fsp3) is 0.172. The molecule has 2 saturated heterocycles. The van der Waals surface area contributed by atoms with Gasteiger partial charge in [0.1, 0.15) is 11.6 Å². The van der Waals surface area contributed by atoms with E-state index in [1.165, 1.54) is 22.9 Å². The molecule has 0 unspecified atom stereocenters. The molecule has 0 bridgehead atoms. The largest absolute Gasteiger partial charge is 0.493 e. The molecule has 0 saturated carbocycles. The number of aromatic nitrogens is 2. The minimum atomic E-state index is -1.00. The Labute approximate surface area is 223 Å². The van der Waals surface area contributed by atoms with E-state index in [0.717, 1.165) is 0 Å². The second-order valence-electron chi connectivity index (χ2n) is 9.15. The predicted octanol–water partition coefficient (Wildman–Crippen LogP) is 3.70. The maximum atomic E-state index is 13.8. The summed E-state index contributed by atoms with van der Waals surface area (Å²) in [6.45, 7) is 0. The predicted molar refractivity (Wildman–Crippen MR) is 140 cm³/mol. The zero-order chi connectivity index (χ0) is 27.1. The van der Waals surface area contributed by atoms with Crippen molar-refractivity contribution in [3.8, 4) is 11.5 Å². The van der Waals surface area contributed by atoms with Crippen LogP contribution in [0.2, 0.25) is 0 Å². The van der Waals surface area contributed by atoms with Gasteiger partial charge in [0.05, 0.1) is 24.5 Å². The van der Waals surface area contributed by atoms with Crippen LogP contribution in [0, 0.1) is 5.92 Å². The molecule has 2 aliphatic heterocycles. The number of anilines is 2. The fourth-order valence-electron chi connectivity index (χ4n) is 5.06.